The number of aromatic nitrogens is 2. The molecule has 0 aliphatic heterocycles. The average molecular weight is 542 g/mol. The molecule has 3 aromatic heterocycles. The Balaban J connectivity index is 1.21. The van der Waals surface area contributed by atoms with E-state index in [2.05, 4.69) is 10.3 Å². The molecule has 0 saturated heterocycles. The first-order valence-corrected chi connectivity index (χ1v) is 13.4. The number of benzene rings is 3. The summed E-state index contributed by atoms with van der Waals surface area (Å²) in [7, 11) is 0. The molecule has 41 heavy (non-hydrogen) atoms. The van der Waals surface area contributed by atoms with E-state index in [0.717, 1.165) is 52.4 Å². The molecule has 1 N–H and O–H groups in total. The molecule has 0 bridgehead atoms. The van der Waals surface area contributed by atoms with E-state index in [9.17, 15) is 14.0 Å². The van der Waals surface area contributed by atoms with Crippen LogP contribution >= 0.6 is 0 Å². The maximum Gasteiger partial charge on any atom is 0.252 e. The Bertz CT molecular complexity index is 1990. The lowest BCUT2D eigenvalue weighted by Gasteiger charge is -2.18. The fourth-order valence-corrected chi connectivity index (χ4v) is 5.38. The van der Waals surface area contributed by atoms with Gasteiger partial charge in [0.2, 0.25) is 0 Å². The molecule has 6 aromatic rings. The summed E-state index contributed by atoms with van der Waals surface area (Å²) in [5.41, 5.74) is 6.04. The number of pyridine rings is 2. The van der Waals surface area contributed by atoms with Gasteiger partial charge >= 0.3 is 0 Å². The van der Waals surface area contributed by atoms with Crippen molar-refractivity contribution in [3.63, 3.8) is 0 Å². The monoisotopic (exact) mass is 541 g/mol. The van der Waals surface area contributed by atoms with Gasteiger partial charge in [-0.05, 0) is 103 Å². The molecular weight excluding hydrogens is 517 g/mol. The summed E-state index contributed by atoms with van der Waals surface area (Å²) >= 11 is 0. The first kappa shape index (κ1) is 24.8. The summed E-state index contributed by atoms with van der Waals surface area (Å²) in [6.45, 7) is 1.98. The van der Waals surface area contributed by atoms with Gasteiger partial charge in [0.25, 0.3) is 5.91 Å². The van der Waals surface area contributed by atoms with Crippen LogP contribution in [0.2, 0.25) is 0 Å². The van der Waals surface area contributed by atoms with Crippen molar-refractivity contribution in [2.75, 3.05) is 0 Å². The number of aryl methyl sites for hydroxylation is 1. The fraction of sp³-hybridized carbons (Fsp3) is 0.118. The molecule has 0 unspecified atom stereocenters. The zero-order valence-corrected chi connectivity index (χ0v) is 22.1. The molecule has 7 rings (SSSR count). The quantitative estimate of drug-likeness (QED) is 0.222. The second-order valence-corrected chi connectivity index (χ2v) is 10.5. The van der Waals surface area contributed by atoms with Gasteiger partial charge in [-0.1, -0.05) is 12.1 Å². The standard InChI is InChI=1S/C34H24FN3O3/c1-20-2-3-23(33(40)38-34(13-14-34)31-11-7-24-18-36-15-12-29(24)37-31)17-26(20)22-6-10-30-27(16-22)28(19-39)32(41-30)21-4-8-25(35)9-5-21/h2-12,15-19H,13-14H2,1H3,(H,38,40). The van der Waals surface area contributed by atoms with Crippen molar-refractivity contribution in [1.82, 2.24) is 15.3 Å². The largest absolute Gasteiger partial charge is 0.455 e. The molecule has 1 aliphatic rings. The average Bonchev–Trinajstić information content (AvgIpc) is 3.69. The lowest BCUT2D eigenvalue weighted by Crippen LogP contribution is -2.35. The van der Waals surface area contributed by atoms with Crippen LogP contribution in [-0.4, -0.2) is 22.2 Å². The lowest BCUT2D eigenvalue weighted by molar-refractivity contribution is 0.0929. The third kappa shape index (κ3) is 4.36. The van der Waals surface area contributed by atoms with Crippen LogP contribution in [0.15, 0.2) is 95.7 Å². The second-order valence-electron chi connectivity index (χ2n) is 10.5. The van der Waals surface area contributed by atoms with E-state index in [1.54, 1.807) is 24.5 Å². The predicted octanol–water partition coefficient (Wildman–Crippen LogP) is 7.39. The molecule has 1 saturated carbocycles. The van der Waals surface area contributed by atoms with Crippen LogP contribution in [-0.2, 0) is 5.54 Å². The van der Waals surface area contributed by atoms with Gasteiger partial charge in [0.15, 0.2) is 6.29 Å². The van der Waals surface area contributed by atoms with E-state index >= 15 is 0 Å². The van der Waals surface area contributed by atoms with Crippen LogP contribution in [0.5, 0.6) is 0 Å². The summed E-state index contributed by atoms with van der Waals surface area (Å²) in [4.78, 5) is 34.6. The van der Waals surface area contributed by atoms with Crippen molar-refractivity contribution in [2.24, 2.45) is 0 Å². The highest BCUT2D eigenvalue weighted by Gasteiger charge is 2.47. The Labute approximate surface area is 234 Å². The summed E-state index contributed by atoms with van der Waals surface area (Å²) in [6.07, 6.45) is 5.90. The molecule has 1 aliphatic carbocycles. The SMILES string of the molecule is Cc1ccc(C(=O)NC2(c3ccc4cnccc4n3)CC2)cc1-c1ccc2oc(-c3ccc(F)cc3)c(C=O)c2c1. The zero-order valence-electron chi connectivity index (χ0n) is 22.1. The number of fused-ring (bicyclic) bond motifs is 2. The van der Waals surface area contributed by atoms with Gasteiger partial charge in [-0.25, -0.2) is 4.39 Å². The normalized spacial score (nSPS) is 13.8. The minimum atomic E-state index is -0.481. The number of amides is 1. The number of carbonyl (C=O) groups is 2. The van der Waals surface area contributed by atoms with Crippen LogP contribution in [0.4, 0.5) is 4.39 Å². The summed E-state index contributed by atoms with van der Waals surface area (Å²) < 4.78 is 19.5. The molecule has 1 fully saturated rings. The molecule has 6 nitrogen and oxygen atoms in total. The third-order valence-corrected chi connectivity index (χ3v) is 7.84. The molecule has 200 valence electrons. The van der Waals surface area contributed by atoms with Gasteiger partial charge < -0.3 is 9.73 Å². The minimum Gasteiger partial charge on any atom is -0.455 e. The Hall–Kier alpha value is -5.17. The second kappa shape index (κ2) is 9.48. The molecule has 0 atom stereocenters. The number of hydrogen-bond donors (Lipinski definition) is 1. The van der Waals surface area contributed by atoms with E-state index in [1.807, 2.05) is 61.5 Å². The number of hydrogen-bond acceptors (Lipinski definition) is 5. The number of halogens is 1. The molecular formula is C34H24FN3O3. The molecule has 3 aromatic carbocycles. The lowest BCUT2D eigenvalue weighted by atomic mass is 9.95. The van der Waals surface area contributed by atoms with E-state index in [4.69, 9.17) is 9.40 Å². The van der Waals surface area contributed by atoms with Gasteiger partial charge in [0, 0.05) is 34.3 Å². The highest BCUT2D eigenvalue weighted by molar-refractivity contribution is 6.04. The first-order valence-electron chi connectivity index (χ1n) is 13.4. The van der Waals surface area contributed by atoms with E-state index in [0.29, 0.717) is 33.4 Å². The van der Waals surface area contributed by atoms with Gasteiger partial charge in [-0.3, -0.25) is 19.6 Å². The van der Waals surface area contributed by atoms with Crippen molar-refractivity contribution >= 4 is 34.1 Å². The van der Waals surface area contributed by atoms with Gasteiger partial charge in [-0.2, -0.15) is 0 Å². The highest BCUT2D eigenvalue weighted by Crippen LogP contribution is 2.45. The minimum absolute atomic E-state index is 0.169. The molecule has 1 amide bonds. The number of aldehydes is 1. The van der Waals surface area contributed by atoms with Crippen LogP contribution in [0.3, 0.4) is 0 Å². The molecule has 7 heteroatoms. The zero-order chi connectivity index (χ0) is 28.1. The van der Waals surface area contributed by atoms with Gasteiger partial charge in [-0.15, -0.1) is 0 Å². The molecule has 0 spiro atoms. The Morgan fingerprint density at radius 2 is 1.78 bits per heavy atom. The van der Waals surface area contributed by atoms with Crippen LogP contribution in [0.1, 0.15) is 44.8 Å². The highest BCUT2D eigenvalue weighted by atomic mass is 19.1. The molecule has 3 heterocycles. The van der Waals surface area contributed by atoms with E-state index < -0.39 is 5.54 Å². The maximum atomic E-state index is 13.5. The Morgan fingerprint density at radius 1 is 0.976 bits per heavy atom. The predicted molar refractivity (Wildman–Crippen MR) is 155 cm³/mol. The number of nitrogens with zero attached hydrogens (tertiary/aromatic N) is 2. The summed E-state index contributed by atoms with van der Waals surface area (Å²) in [5.74, 6) is -0.139. The summed E-state index contributed by atoms with van der Waals surface area (Å²) in [5, 5.41) is 4.84. The molecule has 0 radical (unpaired) electrons. The van der Waals surface area contributed by atoms with Crippen molar-refractivity contribution < 1.29 is 18.4 Å². The summed E-state index contributed by atoms with van der Waals surface area (Å²) in [6, 6.07) is 22.9. The number of carbonyl (C=O) groups excluding carboxylic acids is 2. The number of furan rings is 1. The topological polar surface area (TPSA) is 85.1 Å². The van der Waals surface area contributed by atoms with Crippen LogP contribution < -0.4 is 5.32 Å². The van der Waals surface area contributed by atoms with Gasteiger partial charge in [0.05, 0.1) is 22.3 Å². The first-order chi connectivity index (χ1) is 19.9. The third-order valence-electron chi connectivity index (χ3n) is 7.84. The van der Waals surface area contributed by atoms with Crippen LogP contribution in [0, 0.1) is 12.7 Å². The van der Waals surface area contributed by atoms with E-state index in [1.165, 1.54) is 12.1 Å². The Kier molecular flexibility index (Phi) is 5.75. The number of nitrogens with one attached hydrogen (secondary N) is 1. The van der Waals surface area contributed by atoms with Crippen molar-refractivity contribution in [2.45, 2.75) is 25.3 Å². The number of rotatable bonds is 6. The van der Waals surface area contributed by atoms with E-state index in [-0.39, 0.29) is 11.7 Å². The maximum absolute atomic E-state index is 13.5. The van der Waals surface area contributed by atoms with Crippen molar-refractivity contribution in [3.8, 4) is 22.5 Å². The smallest absolute Gasteiger partial charge is 0.252 e. The Morgan fingerprint density at radius 3 is 2.56 bits per heavy atom. The fourth-order valence-electron chi connectivity index (χ4n) is 5.38. The van der Waals surface area contributed by atoms with Crippen LogP contribution in [0.25, 0.3) is 44.3 Å². The van der Waals surface area contributed by atoms with Gasteiger partial charge in [0.1, 0.15) is 17.2 Å². The van der Waals surface area contributed by atoms with Crippen molar-refractivity contribution in [3.05, 3.63) is 119 Å². The van der Waals surface area contributed by atoms with Crippen molar-refractivity contribution in [1.29, 1.82) is 0 Å².